The Kier molecular flexibility index (Phi) is 7.33. The SMILES string of the molecule is CCOC(=O)c1c(NC(=S)NC(=O)/C=C/c2ccc(F)cc2)sc2c1CC[C@H](C)C2. The van der Waals surface area contributed by atoms with Gasteiger partial charge in [0.05, 0.1) is 12.2 Å². The molecule has 2 aromatic rings. The van der Waals surface area contributed by atoms with E-state index in [0.29, 0.717) is 22.0 Å². The van der Waals surface area contributed by atoms with Gasteiger partial charge in [-0.3, -0.25) is 10.1 Å². The summed E-state index contributed by atoms with van der Waals surface area (Å²) in [5.74, 6) is -0.587. The maximum Gasteiger partial charge on any atom is 0.341 e. The van der Waals surface area contributed by atoms with Gasteiger partial charge in [-0.15, -0.1) is 11.3 Å². The van der Waals surface area contributed by atoms with Gasteiger partial charge >= 0.3 is 5.97 Å². The van der Waals surface area contributed by atoms with E-state index >= 15 is 0 Å². The average Bonchev–Trinajstić information content (AvgIpc) is 3.04. The van der Waals surface area contributed by atoms with E-state index in [-0.39, 0.29) is 23.5 Å². The lowest BCUT2D eigenvalue weighted by atomic mass is 9.88. The third kappa shape index (κ3) is 5.52. The van der Waals surface area contributed by atoms with Crippen LogP contribution in [0.25, 0.3) is 6.08 Å². The van der Waals surface area contributed by atoms with Crippen LogP contribution in [-0.2, 0) is 22.4 Å². The van der Waals surface area contributed by atoms with E-state index in [1.807, 2.05) is 0 Å². The van der Waals surface area contributed by atoms with E-state index in [2.05, 4.69) is 17.6 Å². The number of fused-ring (bicyclic) bond motifs is 1. The molecule has 8 heteroatoms. The minimum absolute atomic E-state index is 0.0981. The summed E-state index contributed by atoms with van der Waals surface area (Å²) in [4.78, 5) is 25.9. The smallest absolute Gasteiger partial charge is 0.341 e. The first-order valence-electron chi connectivity index (χ1n) is 9.74. The number of rotatable bonds is 5. The van der Waals surface area contributed by atoms with Crippen molar-refractivity contribution in [3.63, 3.8) is 0 Å². The Labute approximate surface area is 184 Å². The number of nitrogens with one attached hydrogen (secondary N) is 2. The number of esters is 1. The molecule has 0 bridgehead atoms. The first-order valence-corrected chi connectivity index (χ1v) is 11.0. The van der Waals surface area contributed by atoms with Crippen molar-refractivity contribution in [2.45, 2.75) is 33.1 Å². The van der Waals surface area contributed by atoms with Crippen LogP contribution in [0.3, 0.4) is 0 Å². The van der Waals surface area contributed by atoms with E-state index < -0.39 is 5.91 Å². The highest BCUT2D eigenvalue weighted by Gasteiger charge is 2.28. The van der Waals surface area contributed by atoms with Crippen molar-refractivity contribution < 1.29 is 18.7 Å². The van der Waals surface area contributed by atoms with Gasteiger partial charge in [-0.25, -0.2) is 9.18 Å². The molecule has 2 N–H and O–H groups in total. The zero-order valence-corrected chi connectivity index (χ0v) is 18.4. The molecular formula is C22H23FN2O3S2. The van der Waals surface area contributed by atoms with Crippen molar-refractivity contribution in [1.82, 2.24) is 5.32 Å². The minimum atomic E-state index is -0.426. The topological polar surface area (TPSA) is 67.4 Å². The van der Waals surface area contributed by atoms with Crippen molar-refractivity contribution in [1.29, 1.82) is 0 Å². The maximum absolute atomic E-state index is 12.9. The number of amides is 1. The van der Waals surface area contributed by atoms with Crippen molar-refractivity contribution in [3.05, 3.63) is 57.7 Å². The van der Waals surface area contributed by atoms with Crippen LogP contribution in [0.15, 0.2) is 30.3 Å². The molecular weight excluding hydrogens is 423 g/mol. The lowest BCUT2D eigenvalue weighted by molar-refractivity contribution is -0.115. The fraction of sp³-hybridized carbons (Fsp3) is 0.318. The predicted octanol–water partition coefficient (Wildman–Crippen LogP) is 4.72. The molecule has 0 fully saturated rings. The number of ether oxygens (including phenoxy) is 1. The third-order valence-electron chi connectivity index (χ3n) is 4.75. The summed E-state index contributed by atoms with van der Waals surface area (Å²) in [5, 5.41) is 6.26. The van der Waals surface area contributed by atoms with Crippen LogP contribution >= 0.6 is 23.6 Å². The number of hydrogen-bond acceptors (Lipinski definition) is 5. The van der Waals surface area contributed by atoms with Crippen molar-refractivity contribution in [2.24, 2.45) is 5.92 Å². The second-order valence-electron chi connectivity index (χ2n) is 7.10. The molecule has 0 radical (unpaired) electrons. The normalized spacial score (nSPS) is 15.5. The van der Waals surface area contributed by atoms with Crippen molar-refractivity contribution in [2.75, 3.05) is 11.9 Å². The number of anilines is 1. The first-order chi connectivity index (χ1) is 14.4. The van der Waals surface area contributed by atoms with E-state index in [0.717, 1.165) is 29.7 Å². The van der Waals surface area contributed by atoms with Gasteiger partial charge < -0.3 is 10.1 Å². The molecule has 1 aliphatic rings. The minimum Gasteiger partial charge on any atom is -0.462 e. The molecule has 1 atom stereocenters. The standard InChI is InChI=1S/C22H23FN2O3S2/c1-3-28-21(27)19-16-10-4-13(2)12-17(16)30-20(19)25-22(29)24-18(26)11-7-14-5-8-15(23)9-6-14/h5-9,11,13H,3-4,10,12H2,1-2H3,(H2,24,25,26,29)/b11-7+/t13-/m0/s1. The molecule has 1 heterocycles. The fourth-order valence-electron chi connectivity index (χ4n) is 3.29. The number of hydrogen-bond donors (Lipinski definition) is 2. The number of thiophene rings is 1. The summed E-state index contributed by atoms with van der Waals surface area (Å²) < 4.78 is 18.2. The quantitative estimate of drug-likeness (QED) is 0.395. The van der Waals surface area contributed by atoms with Crippen molar-refractivity contribution in [3.8, 4) is 0 Å². The molecule has 1 aliphatic carbocycles. The second-order valence-corrected chi connectivity index (χ2v) is 8.62. The summed E-state index contributed by atoms with van der Waals surface area (Å²) in [6, 6.07) is 5.77. The maximum atomic E-state index is 12.9. The molecule has 0 spiro atoms. The van der Waals surface area contributed by atoms with Crippen LogP contribution < -0.4 is 10.6 Å². The average molecular weight is 447 g/mol. The zero-order chi connectivity index (χ0) is 21.7. The molecule has 1 aromatic heterocycles. The van der Waals surface area contributed by atoms with E-state index in [1.54, 1.807) is 25.1 Å². The number of thiocarbonyl (C=S) groups is 1. The van der Waals surface area contributed by atoms with Crippen molar-refractivity contribution >= 4 is 51.6 Å². The highest BCUT2D eigenvalue weighted by molar-refractivity contribution is 7.80. The highest BCUT2D eigenvalue weighted by Crippen LogP contribution is 2.40. The predicted molar refractivity (Wildman–Crippen MR) is 121 cm³/mol. The second kappa shape index (κ2) is 9.95. The number of carbonyl (C=O) groups excluding carboxylic acids is 2. The van der Waals surface area contributed by atoms with Gasteiger partial charge in [0.1, 0.15) is 10.8 Å². The molecule has 0 unspecified atom stereocenters. The molecule has 158 valence electrons. The number of halogens is 1. The van der Waals surface area contributed by atoms with Crippen LogP contribution in [0.4, 0.5) is 9.39 Å². The van der Waals surface area contributed by atoms with Crippen LogP contribution in [0.2, 0.25) is 0 Å². The van der Waals surface area contributed by atoms with Gasteiger partial charge in [-0.2, -0.15) is 0 Å². The Bertz CT molecular complexity index is 983. The fourth-order valence-corrected chi connectivity index (χ4v) is 4.96. The van der Waals surface area contributed by atoms with E-state index in [1.165, 1.54) is 29.5 Å². The van der Waals surface area contributed by atoms with E-state index in [4.69, 9.17) is 17.0 Å². The first kappa shape index (κ1) is 22.1. The molecule has 3 rings (SSSR count). The summed E-state index contributed by atoms with van der Waals surface area (Å²) >= 11 is 6.75. The van der Waals surface area contributed by atoms with Gasteiger partial charge in [0.25, 0.3) is 0 Å². The summed E-state index contributed by atoms with van der Waals surface area (Å²) in [5.41, 5.74) is 2.22. The molecule has 1 aromatic carbocycles. The molecule has 0 saturated heterocycles. The third-order valence-corrected chi connectivity index (χ3v) is 6.13. The van der Waals surface area contributed by atoms with Crippen LogP contribution in [-0.4, -0.2) is 23.6 Å². The lowest BCUT2D eigenvalue weighted by Crippen LogP contribution is -2.33. The Morgan fingerprint density at radius 3 is 2.77 bits per heavy atom. The van der Waals surface area contributed by atoms with Gasteiger partial charge in [-0.05, 0) is 73.7 Å². The highest BCUT2D eigenvalue weighted by atomic mass is 32.1. The van der Waals surface area contributed by atoms with Crippen LogP contribution in [0, 0.1) is 11.7 Å². The monoisotopic (exact) mass is 446 g/mol. The van der Waals surface area contributed by atoms with Gasteiger partial charge in [0.2, 0.25) is 5.91 Å². The summed E-state index contributed by atoms with van der Waals surface area (Å²) in [7, 11) is 0. The zero-order valence-electron chi connectivity index (χ0n) is 16.8. The molecule has 1 amide bonds. The van der Waals surface area contributed by atoms with E-state index in [9.17, 15) is 14.0 Å². The number of benzene rings is 1. The number of carbonyl (C=O) groups is 2. The Morgan fingerprint density at radius 1 is 1.33 bits per heavy atom. The van der Waals surface area contributed by atoms with Gasteiger partial charge in [-0.1, -0.05) is 19.1 Å². The van der Waals surface area contributed by atoms with Gasteiger partial charge in [0, 0.05) is 11.0 Å². The molecule has 30 heavy (non-hydrogen) atoms. The Morgan fingerprint density at radius 2 is 2.07 bits per heavy atom. The Balaban J connectivity index is 1.70. The molecule has 5 nitrogen and oxygen atoms in total. The van der Waals surface area contributed by atoms with Crippen LogP contribution in [0.5, 0.6) is 0 Å². The summed E-state index contributed by atoms with van der Waals surface area (Å²) in [6.07, 6.45) is 5.63. The molecule has 0 aliphatic heterocycles. The summed E-state index contributed by atoms with van der Waals surface area (Å²) in [6.45, 7) is 4.25. The Hall–Kier alpha value is -2.58. The van der Waals surface area contributed by atoms with Gasteiger partial charge in [0.15, 0.2) is 5.11 Å². The largest absolute Gasteiger partial charge is 0.462 e. The molecule has 0 saturated carbocycles. The lowest BCUT2D eigenvalue weighted by Gasteiger charge is -2.18. The van der Waals surface area contributed by atoms with Crippen LogP contribution in [0.1, 0.15) is 46.6 Å².